The molecule has 0 aliphatic carbocycles. The Morgan fingerprint density at radius 1 is 1.25 bits per heavy atom. The van der Waals surface area contributed by atoms with Crippen LogP contribution in [0.2, 0.25) is 0 Å². The Bertz CT molecular complexity index is 584. The molecule has 0 aliphatic rings. The average Bonchev–Trinajstić information content (AvgIpc) is 2.47. The van der Waals surface area contributed by atoms with Crippen LogP contribution in [0.5, 0.6) is 0 Å². The summed E-state index contributed by atoms with van der Waals surface area (Å²) in [6.45, 7) is 0. The van der Waals surface area contributed by atoms with Crippen molar-refractivity contribution in [3.8, 4) is 11.1 Å². The number of aryl methyl sites for hydroxylation is 1. The van der Waals surface area contributed by atoms with Crippen LogP contribution in [0, 0.1) is 0 Å². The molecule has 0 spiro atoms. The molecule has 1 heterocycles. The molecule has 2 aromatic rings. The number of aromatic nitrogens is 1. The minimum absolute atomic E-state index is 0.813. The highest BCUT2D eigenvalue weighted by Crippen LogP contribution is 2.26. The smallest absolute Gasteiger partial charge is 0.0435 e. The molecule has 1 N–H and O–H groups in total. The molecule has 1 aromatic heterocycles. The molecule has 0 aliphatic heterocycles. The van der Waals surface area contributed by atoms with Crippen molar-refractivity contribution in [2.24, 2.45) is 5.16 Å². The molecule has 0 unspecified atom stereocenters. The third-order valence-corrected chi connectivity index (χ3v) is 3.65. The van der Waals surface area contributed by atoms with Crippen molar-refractivity contribution in [1.82, 2.24) is 4.98 Å². The van der Waals surface area contributed by atoms with E-state index >= 15 is 0 Å². The fraction of sp³-hybridized carbons (Fsp3) is 0.250. The summed E-state index contributed by atoms with van der Waals surface area (Å²) in [4.78, 5) is 4.24. The molecular formula is C16H17BrN2O. The maximum atomic E-state index is 8.36. The van der Waals surface area contributed by atoms with Gasteiger partial charge in [-0.25, -0.2) is 0 Å². The summed E-state index contributed by atoms with van der Waals surface area (Å²) in [6, 6.07) is 10.3. The molecule has 104 valence electrons. The quantitative estimate of drug-likeness (QED) is 0.361. The van der Waals surface area contributed by atoms with Crippen molar-refractivity contribution in [2.45, 2.75) is 25.7 Å². The lowest BCUT2D eigenvalue weighted by molar-refractivity contribution is 0.320. The van der Waals surface area contributed by atoms with Crippen LogP contribution in [0.25, 0.3) is 11.1 Å². The van der Waals surface area contributed by atoms with Crippen LogP contribution < -0.4 is 0 Å². The molecule has 4 heteroatoms. The van der Waals surface area contributed by atoms with E-state index in [1.807, 2.05) is 24.5 Å². The molecule has 1 aromatic carbocycles. The first kappa shape index (κ1) is 14.7. The van der Waals surface area contributed by atoms with Crippen molar-refractivity contribution in [3.05, 3.63) is 52.8 Å². The molecule has 0 amide bonds. The van der Waals surface area contributed by atoms with Crippen LogP contribution in [0.3, 0.4) is 0 Å². The number of unbranched alkanes of at least 4 members (excludes halogenated alkanes) is 2. The van der Waals surface area contributed by atoms with E-state index in [1.54, 1.807) is 6.21 Å². The van der Waals surface area contributed by atoms with Gasteiger partial charge in [0.2, 0.25) is 0 Å². The highest BCUT2D eigenvalue weighted by molar-refractivity contribution is 9.10. The summed E-state index contributed by atoms with van der Waals surface area (Å²) in [6.07, 6.45) is 9.21. The number of nitrogens with zero attached hydrogens (tertiary/aromatic N) is 2. The van der Waals surface area contributed by atoms with Crippen LogP contribution >= 0.6 is 15.9 Å². The lowest BCUT2D eigenvalue weighted by atomic mass is 9.98. The monoisotopic (exact) mass is 332 g/mol. The Morgan fingerprint density at radius 3 is 2.95 bits per heavy atom. The van der Waals surface area contributed by atoms with Gasteiger partial charge in [-0.15, -0.1) is 5.16 Å². The first-order chi connectivity index (χ1) is 9.81. The molecule has 0 radical (unpaired) electrons. The fourth-order valence-corrected chi connectivity index (χ4v) is 2.57. The van der Waals surface area contributed by atoms with Crippen molar-refractivity contribution in [2.75, 3.05) is 0 Å². The number of rotatable bonds is 6. The Kier molecular flexibility index (Phi) is 5.74. The Morgan fingerprint density at radius 2 is 2.15 bits per heavy atom. The molecule has 0 atom stereocenters. The van der Waals surface area contributed by atoms with E-state index in [0.29, 0.717) is 0 Å². The van der Waals surface area contributed by atoms with E-state index in [9.17, 15) is 0 Å². The van der Waals surface area contributed by atoms with Gasteiger partial charge in [0, 0.05) is 28.6 Å². The lowest BCUT2D eigenvalue weighted by Gasteiger charge is -2.09. The zero-order chi connectivity index (χ0) is 14.2. The summed E-state index contributed by atoms with van der Waals surface area (Å²) < 4.78 is 1.07. The lowest BCUT2D eigenvalue weighted by Crippen LogP contribution is -1.92. The molecule has 2 rings (SSSR count). The van der Waals surface area contributed by atoms with Gasteiger partial charge < -0.3 is 5.21 Å². The second kappa shape index (κ2) is 7.80. The van der Waals surface area contributed by atoms with Gasteiger partial charge in [-0.1, -0.05) is 28.1 Å². The van der Waals surface area contributed by atoms with E-state index < -0.39 is 0 Å². The third kappa shape index (κ3) is 4.17. The average molecular weight is 333 g/mol. The predicted molar refractivity (Wildman–Crippen MR) is 85.2 cm³/mol. The number of benzene rings is 1. The van der Waals surface area contributed by atoms with E-state index in [4.69, 9.17) is 5.21 Å². The highest BCUT2D eigenvalue weighted by atomic mass is 79.9. The van der Waals surface area contributed by atoms with Gasteiger partial charge in [-0.05, 0) is 55.0 Å². The van der Waals surface area contributed by atoms with E-state index in [0.717, 1.165) is 30.2 Å². The molecular weight excluding hydrogens is 316 g/mol. The van der Waals surface area contributed by atoms with Crippen molar-refractivity contribution < 1.29 is 5.21 Å². The van der Waals surface area contributed by atoms with Crippen molar-refractivity contribution >= 4 is 22.1 Å². The van der Waals surface area contributed by atoms with Gasteiger partial charge in [-0.2, -0.15) is 0 Å². The van der Waals surface area contributed by atoms with Gasteiger partial charge in [0.1, 0.15) is 0 Å². The second-order valence-electron chi connectivity index (χ2n) is 4.59. The Balaban J connectivity index is 2.10. The summed E-state index contributed by atoms with van der Waals surface area (Å²) in [7, 11) is 0. The van der Waals surface area contributed by atoms with Crippen molar-refractivity contribution in [1.29, 1.82) is 0 Å². The van der Waals surface area contributed by atoms with Crippen molar-refractivity contribution in [3.63, 3.8) is 0 Å². The number of hydrogen-bond donors (Lipinski definition) is 1. The molecule has 0 saturated heterocycles. The normalized spacial score (nSPS) is 11.1. The summed E-state index contributed by atoms with van der Waals surface area (Å²) >= 11 is 3.51. The Labute approximate surface area is 127 Å². The summed E-state index contributed by atoms with van der Waals surface area (Å²) in [5.41, 5.74) is 3.67. The molecule has 3 nitrogen and oxygen atoms in total. The standard InChI is InChI=1S/C16H17BrN2O/c17-15-7-4-6-14(11-15)16-12-18-10-8-13(16)5-2-1-3-9-19-20/h4,6-12,20H,1-3,5H2. The molecule has 0 fully saturated rings. The maximum Gasteiger partial charge on any atom is 0.0435 e. The van der Waals surface area contributed by atoms with Crippen LogP contribution in [-0.4, -0.2) is 16.4 Å². The zero-order valence-corrected chi connectivity index (χ0v) is 12.8. The minimum atomic E-state index is 0.813. The topological polar surface area (TPSA) is 45.5 Å². The SMILES string of the molecule is ON=CCCCCc1ccncc1-c1cccc(Br)c1. The number of pyridine rings is 1. The largest absolute Gasteiger partial charge is 0.411 e. The van der Waals surface area contributed by atoms with Gasteiger partial charge >= 0.3 is 0 Å². The maximum absolute atomic E-state index is 8.36. The number of hydrogen-bond acceptors (Lipinski definition) is 3. The predicted octanol–water partition coefficient (Wildman–Crippen LogP) is 4.68. The fourth-order valence-electron chi connectivity index (χ4n) is 2.17. The second-order valence-corrected chi connectivity index (χ2v) is 5.50. The Hall–Kier alpha value is -1.68. The van der Waals surface area contributed by atoms with Crippen LogP contribution in [0.15, 0.2) is 52.4 Å². The molecule has 0 bridgehead atoms. The zero-order valence-electron chi connectivity index (χ0n) is 11.2. The minimum Gasteiger partial charge on any atom is -0.411 e. The van der Waals surface area contributed by atoms with Gasteiger partial charge in [0.05, 0.1) is 0 Å². The highest BCUT2D eigenvalue weighted by Gasteiger charge is 2.05. The van der Waals surface area contributed by atoms with Gasteiger partial charge in [-0.3, -0.25) is 4.98 Å². The molecule has 0 saturated carbocycles. The molecule has 20 heavy (non-hydrogen) atoms. The van der Waals surface area contributed by atoms with Crippen LogP contribution in [0.1, 0.15) is 24.8 Å². The number of halogens is 1. The van der Waals surface area contributed by atoms with E-state index in [-0.39, 0.29) is 0 Å². The summed E-state index contributed by atoms with van der Waals surface area (Å²) in [5, 5.41) is 11.4. The van der Waals surface area contributed by atoms with E-state index in [1.165, 1.54) is 16.7 Å². The third-order valence-electron chi connectivity index (χ3n) is 3.16. The first-order valence-electron chi connectivity index (χ1n) is 6.66. The van der Waals surface area contributed by atoms with Gasteiger partial charge in [0.25, 0.3) is 0 Å². The number of oxime groups is 1. The van der Waals surface area contributed by atoms with E-state index in [2.05, 4.69) is 44.3 Å². The van der Waals surface area contributed by atoms with Crippen LogP contribution in [0.4, 0.5) is 0 Å². The van der Waals surface area contributed by atoms with Gasteiger partial charge in [0.15, 0.2) is 0 Å². The summed E-state index contributed by atoms with van der Waals surface area (Å²) in [5.74, 6) is 0. The van der Waals surface area contributed by atoms with Crippen LogP contribution in [-0.2, 0) is 6.42 Å². The first-order valence-corrected chi connectivity index (χ1v) is 7.45.